The molecule has 0 saturated carbocycles. The van der Waals surface area contributed by atoms with Gasteiger partial charge >= 0.3 is 0 Å². The number of hydrogen-bond acceptors (Lipinski definition) is 3. The summed E-state index contributed by atoms with van der Waals surface area (Å²) in [6.07, 6.45) is 3.65. The fraction of sp³-hybridized carbons (Fsp3) is 0.588. The van der Waals surface area contributed by atoms with E-state index in [1.54, 1.807) is 11.7 Å². The van der Waals surface area contributed by atoms with E-state index >= 15 is 0 Å². The van der Waals surface area contributed by atoms with E-state index in [0.717, 1.165) is 36.2 Å². The van der Waals surface area contributed by atoms with Crippen LogP contribution >= 0.6 is 0 Å². The van der Waals surface area contributed by atoms with Crippen LogP contribution in [-0.4, -0.2) is 38.2 Å². The van der Waals surface area contributed by atoms with E-state index in [2.05, 4.69) is 17.0 Å². The van der Waals surface area contributed by atoms with E-state index < -0.39 is 0 Å². The summed E-state index contributed by atoms with van der Waals surface area (Å²) in [7, 11) is 1.77. The Labute approximate surface area is 135 Å². The quantitative estimate of drug-likeness (QED) is 0.918. The van der Waals surface area contributed by atoms with Crippen LogP contribution < -0.4 is 5.56 Å². The van der Waals surface area contributed by atoms with Gasteiger partial charge in [0.1, 0.15) is 0 Å². The monoisotopic (exact) mass is 316 g/mol. The Hall–Kier alpha value is -2.11. The number of rotatable bonds is 2. The van der Waals surface area contributed by atoms with Crippen molar-refractivity contribution in [3.63, 3.8) is 0 Å². The second-order valence-corrected chi connectivity index (χ2v) is 6.61. The van der Waals surface area contributed by atoms with Crippen LogP contribution in [-0.2, 0) is 18.3 Å². The van der Waals surface area contributed by atoms with Crippen molar-refractivity contribution in [3.05, 3.63) is 27.2 Å². The van der Waals surface area contributed by atoms with Gasteiger partial charge in [-0.05, 0) is 51.2 Å². The maximum absolute atomic E-state index is 12.7. The Morgan fingerprint density at radius 3 is 2.78 bits per heavy atom. The molecule has 2 aromatic heterocycles. The summed E-state index contributed by atoms with van der Waals surface area (Å²) in [6.45, 7) is 6.76. The number of aryl methyl sites for hydroxylation is 3. The van der Waals surface area contributed by atoms with Crippen molar-refractivity contribution in [3.8, 4) is 0 Å². The number of fused-ring (bicyclic) bond motifs is 1. The number of piperidine rings is 1. The third kappa shape index (κ3) is 2.66. The summed E-state index contributed by atoms with van der Waals surface area (Å²) in [4.78, 5) is 31.3. The highest BCUT2D eigenvalue weighted by Gasteiger charge is 2.25. The summed E-state index contributed by atoms with van der Waals surface area (Å²) >= 11 is 0. The molecule has 0 bridgehead atoms. The van der Waals surface area contributed by atoms with Gasteiger partial charge in [0, 0.05) is 25.3 Å². The second kappa shape index (κ2) is 5.83. The predicted molar refractivity (Wildman–Crippen MR) is 89.5 cm³/mol. The largest absolute Gasteiger partial charge is 0.340 e. The molecule has 3 rings (SSSR count). The summed E-state index contributed by atoms with van der Waals surface area (Å²) in [5.41, 5.74) is 3.08. The number of aromatic amines is 1. The summed E-state index contributed by atoms with van der Waals surface area (Å²) in [6, 6.07) is 0.300. The van der Waals surface area contributed by atoms with E-state index in [4.69, 9.17) is 0 Å². The molecule has 0 radical (unpaired) electrons. The van der Waals surface area contributed by atoms with Gasteiger partial charge in [-0.25, -0.2) is 4.98 Å². The molecule has 1 fully saturated rings. The molecule has 3 heterocycles. The van der Waals surface area contributed by atoms with Gasteiger partial charge in [0.2, 0.25) is 5.91 Å². The number of amides is 1. The van der Waals surface area contributed by atoms with Crippen LogP contribution in [0.4, 0.5) is 0 Å². The molecule has 0 aromatic carbocycles. The molecule has 124 valence electrons. The zero-order chi connectivity index (χ0) is 16.7. The molecule has 6 heteroatoms. The summed E-state index contributed by atoms with van der Waals surface area (Å²) < 4.78 is 1.63. The van der Waals surface area contributed by atoms with Crippen molar-refractivity contribution in [2.24, 2.45) is 7.05 Å². The number of likely N-dealkylation sites (tertiary alicyclic amines) is 1. The highest BCUT2D eigenvalue weighted by molar-refractivity contribution is 5.84. The van der Waals surface area contributed by atoms with Gasteiger partial charge in [0.05, 0.1) is 11.8 Å². The highest BCUT2D eigenvalue weighted by Crippen LogP contribution is 2.23. The van der Waals surface area contributed by atoms with Gasteiger partial charge in [0.25, 0.3) is 5.56 Å². The minimum Gasteiger partial charge on any atom is -0.340 e. The molecule has 1 aliphatic heterocycles. The Balaban J connectivity index is 1.98. The number of carbonyl (C=O) groups is 1. The lowest BCUT2D eigenvalue weighted by atomic mass is 9.99. The average molecular weight is 316 g/mol. The van der Waals surface area contributed by atoms with Crippen molar-refractivity contribution in [1.29, 1.82) is 0 Å². The summed E-state index contributed by atoms with van der Waals surface area (Å²) in [5, 5.41) is 3.33. The molecule has 1 aliphatic rings. The van der Waals surface area contributed by atoms with Gasteiger partial charge in [0.15, 0.2) is 5.65 Å². The first-order valence-corrected chi connectivity index (χ1v) is 8.24. The van der Waals surface area contributed by atoms with Crippen LogP contribution in [0.5, 0.6) is 0 Å². The van der Waals surface area contributed by atoms with E-state index in [1.807, 2.05) is 18.7 Å². The van der Waals surface area contributed by atoms with E-state index in [-0.39, 0.29) is 11.5 Å². The number of nitrogens with zero attached hydrogens (tertiary/aromatic N) is 3. The van der Waals surface area contributed by atoms with Crippen molar-refractivity contribution in [1.82, 2.24) is 19.7 Å². The lowest BCUT2D eigenvalue weighted by Gasteiger charge is -2.33. The lowest BCUT2D eigenvalue weighted by Crippen LogP contribution is -2.43. The van der Waals surface area contributed by atoms with Crippen molar-refractivity contribution >= 4 is 16.9 Å². The van der Waals surface area contributed by atoms with Crippen LogP contribution in [0.15, 0.2) is 4.79 Å². The Bertz CT molecular complexity index is 818. The molecule has 23 heavy (non-hydrogen) atoms. The van der Waals surface area contributed by atoms with Gasteiger partial charge < -0.3 is 4.90 Å². The third-order valence-corrected chi connectivity index (χ3v) is 5.03. The standard InChI is InChI=1S/C17H24N4O2/c1-10-7-5-6-8-21(10)14(22)9-13-11(2)15-16(18-12(13)3)20(4)19-17(15)23/h10H,5-9H2,1-4H3,(H,19,23)/t10-/m0/s1. The van der Waals surface area contributed by atoms with Crippen LogP contribution in [0.3, 0.4) is 0 Å². The van der Waals surface area contributed by atoms with Crippen LogP contribution in [0.25, 0.3) is 11.0 Å². The number of carbonyl (C=O) groups excluding carboxylic acids is 1. The molecule has 1 N–H and O–H groups in total. The number of aromatic nitrogens is 3. The molecule has 6 nitrogen and oxygen atoms in total. The minimum absolute atomic E-state index is 0.136. The van der Waals surface area contributed by atoms with E-state index in [9.17, 15) is 9.59 Å². The molecule has 1 saturated heterocycles. The Kier molecular flexibility index (Phi) is 4.00. The van der Waals surface area contributed by atoms with E-state index in [1.165, 1.54) is 6.42 Å². The normalized spacial score (nSPS) is 18.6. The molecular weight excluding hydrogens is 292 g/mol. The van der Waals surface area contributed by atoms with Gasteiger partial charge in [-0.3, -0.25) is 19.4 Å². The fourth-order valence-corrected chi connectivity index (χ4v) is 3.63. The Morgan fingerprint density at radius 2 is 2.09 bits per heavy atom. The maximum atomic E-state index is 12.7. The SMILES string of the molecule is Cc1nc2c(c(C)c1CC(=O)N1CCCC[C@@H]1C)c(=O)[nH]n2C. The first kappa shape index (κ1) is 15.8. The number of pyridine rings is 1. The van der Waals surface area contributed by atoms with Crippen LogP contribution in [0, 0.1) is 13.8 Å². The fourth-order valence-electron chi connectivity index (χ4n) is 3.63. The zero-order valence-electron chi connectivity index (χ0n) is 14.3. The summed E-state index contributed by atoms with van der Waals surface area (Å²) in [5.74, 6) is 0.136. The first-order chi connectivity index (χ1) is 10.9. The third-order valence-electron chi connectivity index (χ3n) is 5.03. The molecule has 2 aromatic rings. The molecular formula is C17H24N4O2. The van der Waals surface area contributed by atoms with Crippen molar-refractivity contribution in [2.75, 3.05) is 6.54 Å². The second-order valence-electron chi connectivity index (χ2n) is 6.61. The van der Waals surface area contributed by atoms with Gasteiger partial charge in [-0.15, -0.1) is 0 Å². The molecule has 0 spiro atoms. The number of nitrogens with one attached hydrogen (secondary N) is 1. The maximum Gasteiger partial charge on any atom is 0.273 e. The van der Waals surface area contributed by atoms with Gasteiger partial charge in [-0.1, -0.05) is 0 Å². The highest BCUT2D eigenvalue weighted by atomic mass is 16.2. The zero-order valence-corrected chi connectivity index (χ0v) is 14.3. The first-order valence-electron chi connectivity index (χ1n) is 8.24. The van der Waals surface area contributed by atoms with Crippen molar-refractivity contribution < 1.29 is 4.79 Å². The van der Waals surface area contributed by atoms with Gasteiger partial charge in [-0.2, -0.15) is 0 Å². The van der Waals surface area contributed by atoms with E-state index in [0.29, 0.717) is 23.5 Å². The number of hydrogen-bond donors (Lipinski definition) is 1. The smallest absolute Gasteiger partial charge is 0.273 e. The van der Waals surface area contributed by atoms with Crippen LogP contribution in [0.2, 0.25) is 0 Å². The van der Waals surface area contributed by atoms with Crippen molar-refractivity contribution in [2.45, 2.75) is 52.5 Å². The minimum atomic E-state index is -0.146. The lowest BCUT2D eigenvalue weighted by molar-refractivity contribution is -0.133. The molecule has 1 atom stereocenters. The van der Waals surface area contributed by atoms with Crippen LogP contribution in [0.1, 0.15) is 43.0 Å². The molecule has 0 aliphatic carbocycles. The Morgan fingerprint density at radius 1 is 1.35 bits per heavy atom. The molecule has 0 unspecified atom stereocenters. The predicted octanol–water partition coefficient (Wildman–Crippen LogP) is 1.82. The number of H-pyrrole nitrogens is 1. The molecule has 1 amide bonds. The topological polar surface area (TPSA) is 71.0 Å². The average Bonchev–Trinajstić information content (AvgIpc) is 2.78.